The summed E-state index contributed by atoms with van der Waals surface area (Å²) in [6.45, 7) is 13.8. The number of piperazine rings is 1. The Morgan fingerprint density at radius 3 is 2.41 bits per heavy atom. The molecule has 5 nitrogen and oxygen atoms in total. The SMILES string of the molecule is CCC(CC)C(C)N1CCc2c(ncnc2N2CCN(C3CCC3)CC2)C1. The van der Waals surface area contributed by atoms with Gasteiger partial charge in [0.05, 0.1) is 5.69 Å². The van der Waals surface area contributed by atoms with Crippen LogP contribution in [-0.4, -0.2) is 64.6 Å². The predicted molar refractivity (Wildman–Crippen MR) is 111 cm³/mol. The van der Waals surface area contributed by atoms with Gasteiger partial charge in [-0.1, -0.05) is 33.1 Å². The smallest absolute Gasteiger partial charge is 0.135 e. The van der Waals surface area contributed by atoms with Crippen LogP contribution in [-0.2, 0) is 13.0 Å². The number of hydrogen-bond acceptors (Lipinski definition) is 5. The zero-order chi connectivity index (χ0) is 18.8. The number of anilines is 1. The number of fused-ring (bicyclic) bond motifs is 1. The molecule has 27 heavy (non-hydrogen) atoms. The van der Waals surface area contributed by atoms with Crippen LogP contribution >= 0.6 is 0 Å². The highest BCUT2D eigenvalue weighted by atomic mass is 15.3. The molecule has 0 bridgehead atoms. The predicted octanol–water partition coefficient (Wildman–Crippen LogP) is 3.33. The number of nitrogens with zero attached hydrogens (tertiary/aromatic N) is 5. The molecule has 0 aromatic carbocycles. The lowest BCUT2D eigenvalue weighted by Gasteiger charge is -2.44. The average Bonchev–Trinajstić information content (AvgIpc) is 2.67. The molecule has 1 saturated carbocycles. The normalized spacial score (nSPS) is 23.3. The second kappa shape index (κ2) is 8.44. The van der Waals surface area contributed by atoms with Crippen LogP contribution < -0.4 is 4.90 Å². The van der Waals surface area contributed by atoms with Crippen molar-refractivity contribution in [3.05, 3.63) is 17.6 Å². The second-order valence-corrected chi connectivity index (χ2v) is 8.77. The van der Waals surface area contributed by atoms with E-state index in [4.69, 9.17) is 9.97 Å². The van der Waals surface area contributed by atoms with E-state index >= 15 is 0 Å². The molecule has 0 N–H and O–H groups in total. The second-order valence-electron chi connectivity index (χ2n) is 8.77. The number of aromatic nitrogens is 2. The van der Waals surface area contributed by atoms with E-state index in [0.29, 0.717) is 6.04 Å². The quantitative estimate of drug-likeness (QED) is 0.766. The minimum Gasteiger partial charge on any atom is -0.354 e. The van der Waals surface area contributed by atoms with Crippen molar-refractivity contribution in [3.8, 4) is 0 Å². The maximum Gasteiger partial charge on any atom is 0.135 e. The Hall–Kier alpha value is -1.20. The molecule has 150 valence electrons. The van der Waals surface area contributed by atoms with E-state index in [1.807, 2.05) is 0 Å². The summed E-state index contributed by atoms with van der Waals surface area (Å²) < 4.78 is 0. The lowest BCUT2D eigenvalue weighted by Crippen LogP contribution is -2.52. The first-order valence-corrected chi connectivity index (χ1v) is 11.3. The van der Waals surface area contributed by atoms with Gasteiger partial charge in [0.25, 0.3) is 0 Å². The molecule has 1 saturated heterocycles. The third-order valence-corrected chi connectivity index (χ3v) is 7.53. The Labute approximate surface area is 165 Å². The summed E-state index contributed by atoms with van der Waals surface area (Å²) >= 11 is 0. The van der Waals surface area contributed by atoms with Crippen LogP contribution in [0.15, 0.2) is 6.33 Å². The highest BCUT2D eigenvalue weighted by molar-refractivity contribution is 5.50. The molecule has 3 heterocycles. The van der Waals surface area contributed by atoms with Gasteiger partial charge in [-0.05, 0) is 32.1 Å². The van der Waals surface area contributed by atoms with Crippen molar-refractivity contribution < 1.29 is 0 Å². The molecule has 1 unspecified atom stereocenters. The summed E-state index contributed by atoms with van der Waals surface area (Å²) in [6.07, 6.45) is 9.68. The fraction of sp³-hybridized carbons (Fsp3) is 0.818. The Morgan fingerprint density at radius 2 is 1.78 bits per heavy atom. The van der Waals surface area contributed by atoms with Crippen molar-refractivity contribution >= 4 is 5.82 Å². The fourth-order valence-electron chi connectivity index (χ4n) is 5.30. The van der Waals surface area contributed by atoms with Crippen LogP contribution in [0, 0.1) is 5.92 Å². The van der Waals surface area contributed by atoms with Crippen molar-refractivity contribution in [2.75, 3.05) is 37.6 Å². The topological polar surface area (TPSA) is 35.5 Å². The van der Waals surface area contributed by atoms with E-state index in [2.05, 4.69) is 35.5 Å². The Morgan fingerprint density at radius 1 is 1.04 bits per heavy atom. The summed E-state index contributed by atoms with van der Waals surface area (Å²) in [7, 11) is 0. The van der Waals surface area contributed by atoms with E-state index in [1.54, 1.807) is 6.33 Å². The zero-order valence-corrected chi connectivity index (χ0v) is 17.5. The summed E-state index contributed by atoms with van der Waals surface area (Å²) in [6, 6.07) is 1.50. The van der Waals surface area contributed by atoms with E-state index in [0.717, 1.165) is 44.6 Å². The van der Waals surface area contributed by atoms with Crippen molar-refractivity contribution in [1.29, 1.82) is 0 Å². The zero-order valence-electron chi connectivity index (χ0n) is 17.5. The van der Waals surface area contributed by atoms with Crippen LogP contribution in [0.4, 0.5) is 5.82 Å². The van der Waals surface area contributed by atoms with Gasteiger partial charge in [-0.15, -0.1) is 0 Å². The van der Waals surface area contributed by atoms with Crippen LogP contribution in [0.3, 0.4) is 0 Å². The van der Waals surface area contributed by atoms with E-state index in [9.17, 15) is 0 Å². The van der Waals surface area contributed by atoms with Gasteiger partial charge in [0, 0.05) is 56.9 Å². The molecule has 1 aromatic heterocycles. The molecule has 0 amide bonds. The summed E-state index contributed by atoms with van der Waals surface area (Å²) in [5, 5.41) is 0. The highest BCUT2D eigenvalue weighted by Gasteiger charge is 2.31. The Kier molecular flexibility index (Phi) is 5.98. The number of rotatable bonds is 6. The van der Waals surface area contributed by atoms with E-state index in [-0.39, 0.29) is 0 Å². The minimum atomic E-state index is 0.637. The lowest BCUT2D eigenvalue weighted by atomic mass is 9.91. The van der Waals surface area contributed by atoms with E-state index < -0.39 is 0 Å². The Bertz CT molecular complexity index is 617. The molecule has 0 radical (unpaired) electrons. The summed E-state index contributed by atoms with van der Waals surface area (Å²) in [5.74, 6) is 2.01. The largest absolute Gasteiger partial charge is 0.354 e. The van der Waals surface area contributed by atoms with Crippen molar-refractivity contribution in [1.82, 2.24) is 19.8 Å². The molecule has 4 rings (SSSR count). The maximum absolute atomic E-state index is 4.73. The van der Waals surface area contributed by atoms with Crippen LogP contribution in [0.25, 0.3) is 0 Å². The van der Waals surface area contributed by atoms with Crippen LogP contribution in [0.5, 0.6) is 0 Å². The van der Waals surface area contributed by atoms with Gasteiger partial charge in [0.1, 0.15) is 12.1 Å². The first-order valence-electron chi connectivity index (χ1n) is 11.3. The molecule has 1 aromatic rings. The monoisotopic (exact) mass is 371 g/mol. The van der Waals surface area contributed by atoms with Crippen molar-refractivity contribution in [2.45, 2.75) is 77.9 Å². The molecular formula is C22H37N5. The summed E-state index contributed by atoms with van der Waals surface area (Å²) in [5.41, 5.74) is 2.69. The molecule has 0 spiro atoms. The molecule has 2 aliphatic heterocycles. The third-order valence-electron chi connectivity index (χ3n) is 7.53. The minimum absolute atomic E-state index is 0.637. The lowest BCUT2D eigenvalue weighted by molar-refractivity contribution is 0.119. The first kappa shape index (κ1) is 19.1. The molecule has 2 fully saturated rings. The maximum atomic E-state index is 4.73. The number of hydrogen-bond donors (Lipinski definition) is 0. The van der Waals surface area contributed by atoms with Gasteiger partial charge < -0.3 is 4.90 Å². The third kappa shape index (κ3) is 3.86. The molecular weight excluding hydrogens is 334 g/mol. The first-order chi connectivity index (χ1) is 13.2. The Balaban J connectivity index is 1.43. The highest BCUT2D eigenvalue weighted by Crippen LogP contribution is 2.31. The standard InChI is InChI=1S/C22H37N5/c1-4-18(5-2)17(3)27-10-9-20-21(15-27)23-16-24-22(20)26-13-11-25(12-14-26)19-7-6-8-19/h16-19H,4-15H2,1-3H3. The molecule has 1 aliphatic carbocycles. The van der Waals surface area contributed by atoms with Crippen LogP contribution in [0.2, 0.25) is 0 Å². The van der Waals surface area contributed by atoms with Crippen molar-refractivity contribution in [2.24, 2.45) is 5.92 Å². The van der Waals surface area contributed by atoms with E-state index in [1.165, 1.54) is 62.3 Å². The van der Waals surface area contributed by atoms with Gasteiger partial charge in [-0.3, -0.25) is 9.80 Å². The van der Waals surface area contributed by atoms with Gasteiger partial charge >= 0.3 is 0 Å². The van der Waals surface area contributed by atoms with Gasteiger partial charge in [0.15, 0.2) is 0 Å². The fourth-order valence-corrected chi connectivity index (χ4v) is 5.30. The summed E-state index contributed by atoms with van der Waals surface area (Å²) in [4.78, 5) is 17.3. The van der Waals surface area contributed by atoms with Gasteiger partial charge in [0.2, 0.25) is 0 Å². The molecule has 3 aliphatic rings. The van der Waals surface area contributed by atoms with Gasteiger partial charge in [-0.25, -0.2) is 9.97 Å². The average molecular weight is 372 g/mol. The van der Waals surface area contributed by atoms with Crippen LogP contribution in [0.1, 0.15) is 64.1 Å². The van der Waals surface area contributed by atoms with Gasteiger partial charge in [-0.2, -0.15) is 0 Å². The molecule has 5 heteroatoms. The van der Waals surface area contributed by atoms with Crippen molar-refractivity contribution in [3.63, 3.8) is 0 Å². The molecule has 1 atom stereocenters.